The van der Waals surface area contributed by atoms with Gasteiger partial charge in [0.05, 0.1) is 6.10 Å². The lowest BCUT2D eigenvalue weighted by molar-refractivity contribution is -0.143. The van der Waals surface area contributed by atoms with Crippen molar-refractivity contribution in [2.75, 3.05) is 19.8 Å². The fourth-order valence-electron chi connectivity index (χ4n) is 3.66. The summed E-state index contributed by atoms with van der Waals surface area (Å²) >= 11 is 0. The lowest BCUT2D eigenvalue weighted by Gasteiger charge is -2.31. The van der Waals surface area contributed by atoms with Gasteiger partial charge in [-0.2, -0.15) is 0 Å². The quantitative estimate of drug-likeness (QED) is 0.345. The van der Waals surface area contributed by atoms with Gasteiger partial charge in [-0.1, -0.05) is 60.7 Å². The molecule has 0 spiro atoms. The number of nitrogens with one attached hydrogen (secondary N) is 1. The number of para-hydroxylation sites is 1. The van der Waals surface area contributed by atoms with Crippen LogP contribution in [0.3, 0.4) is 0 Å². The highest BCUT2D eigenvalue weighted by Crippen LogP contribution is 2.24. The first kappa shape index (κ1) is 26.9. The van der Waals surface area contributed by atoms with Crippen LogP contribution in [-0.2, 0) is 20.9 Å². The lowest BCUT2D eigenvalue weighted by Crippen LogP contribution is -2.45. The Bertz CT molecular complexity index is 1080. The van der Waals surface area contributed by atoms with E-state index in [-0.39, 0.29) is 36.9 Å². The highest BCUT2D eigenvalue weighted by Gasteiger charge is 2.31. The van der Waals surface area contributed by atoms with Crippen molar-refractivity contribution in [3.8, 4) is 5.75 Å². The number of hydrogen-bond donors (Lipinski definition) is 1. The largest absolute Gasteiger partial charge is 0.484 e. The van der Waals surface area contributed by atoms with Crippen molar-refractivity contribution >= 4 is 11.8 Å². The molecule has 2 amide bonds. The molecule has 3 rings (SSSR count). The zero-order valence-corrected chi connectivity index (χ0v) is 20.7. The third-order valence-corrected chi connectivity index (χ3v) is 5.44. The molecule has 0 radical (unpaired) electrons. The maximum absolute atomic E-state index is 13.5. The molecule has 1 N–H and O–H groups in total. The first-order chi connectivity index (χ1) is 17.4. The monoisotopic (exact) mass is 492 g/mol. The van der Waals surface area contributed by atoms with Gasteiger partial charge in [0.25, 0.3) is 5.91 Å². The number of halogens is 1. The molecular weight excluding hydrogens is 459 g/mol. The van der Waals surface area contributed by atoms with Crippen molar-refractivity contribution in [3.63, 3.8) is 0 Å². The standard InChI is InChI=1S/C29H33FN2O4/c1-22(2)35-19-9-18-31-29(34)28(24-10-5-3-6-11-24)32(20-23-14-16-25(30)17-15-23)27(33)21-36-26-12-7-4-8-13-26/h3-8,10-17,22,28H,9,18-21H2,1-2H3,(H,31,34)/t28-/m0/s1. The SMILES string of the molecule is CC(C)OCCCNC(=O)[C@H](c1ccccc1)N(Cc1ccc(F)cc1)C(=O)COc1ccccc1. The lowest BCUT2D eigenvalue weighted by atomic mass is 10.0. The van der Waals surface area contributed by atoms with E-state index >= 15 is 0 Å². The zero-order chi connectivity index (χ0) is 25.8. The number of rotatable bonds is 13. The molecule has 0 aromatic heterocycles. The molecule has 0 saturated carbocycles. The summed E-state index contributed by atoms with van der Waals surface area (Å²) in [6, 6.07) is 23.2. The number of ether oxygens (including phenoxy) is 2. The Morgan fingerprint density at radius 2 is 1.56 bits per heavy atom. The Morgan fingerprint density at radius 1 is 0.917 bits per heavy atom. The summed E-state index contributed by atoms with van der Waals surface area (Å²) in [5.41, 5.74) is 1.37. The molecule has 0 unspecified atom stereocenters. The average molecular weight is 493 g/mol. The van der Waals surface area contributed by atoms with E-state index in [4.69, 9.17) is 9.47 Å². The van der Waals surface area contributed by atoms with Crippen LogP contribution in [0.4, 0.5) is 4.39 Å². The number of hydrogen-bond acceptors (Lipinski definition) is 4. The summed E-state index contributed by atoms with van der Waals surface area (Å²) in [7, 11) is 0. The minimum absolute atomic E-state index is 0.112. The van der Waals surface area contributed by atoms with Crippen LogP contribution < -0.4 is 10.1 Å². The second kappa shape index (κ2) is 14.0. The minimum atomic E-state index is -0.894. The predicted octanol–water partition coefficient (Wildman–Crippen LogP) is 4.91. The van der Waals surface area contributed by atoms with E-state index in [1.807, 2.05) is 62.4 Å². The Balaban J connectivity index is 1.83. The van der Waals surface area contributed by atoms with Gasteiger partial charge in [0.15, 0.2) is 6.61 Å². The van der Waals surface area contributed by atoms with E-state index in [9.17, 15) is 14.0 Å². The Hall–Kier alpha value is -3.71. The van der Waals surface area contributed by atoms with E-state index in [1.54, 1.807) is 24.3 Å². The van der Waals surface area contributed by atoms with Gasteiger partial charge >= 0.3 is 0 Å². The molecule has 0 heterocycles. The van der Waals surface area contributed by atoms with Crippen molar-refractivity contribution in [1.82, 2.24) is 10.2 Å². The summed E-state index contributed by atoms with van der Waals surface area (Å²) < 4.78 is 24.8. The van der Waals surface area contributed by atoms with Gasteiger partial charge in [-0.3, -0.25) is 9.59 Å². The third kappa shape index (κ3) is 8.50. The fourth-order valence-corrected chi connectivity index (χ4v) is 3.66. The van der Waals surface area contributed by atoms with Crippen LogP contribution in [0.5, 0.6) is 5.75 Å². The zero-order valence-electron chi connectivity index (χ0n) is 20.7. The van der Waals surface area contributed by atoms with Crippen LogP contribution >= 0.6 is 0 Å². The number of nitrogens with zero attached hydrogens (tertiary/aromatic N) is 1. The number of benzene rings is 3. The van der Waals surface area contributed by atoms with Crippen molar-refractivity contribution in [1.29, 1.82) is 0 Å². The highest BCUT2D eigenvalue weighted by atomic mass is 19.1. The van der Waals surface area contributed by atoms with Gasteiger partial charge in [0, 0.05) is 19.7 Å². The van der Waals surface area contributed by atoms with Gasteiger partial charge in [-0.05, 0) is 55.7 Å². The number of amides is 2. The molecule has 3 aromatic carbocycles. The molecule has 0 fully saturated rings. The van der Waals surface area contributed by atoms with Crippen molar-refractivity contribution in [2.45, 2.75) is 39.0 Å². The van der Waals surface area contributed by atoms with E-state index in [2.05, 4.69) is 5.32 Å². The van der Waals surface area contributed by atoms with E-state index in [1.165, 1.54) is 17.0 Å². The summed E-state index contributed by atoms with van der Waals surface area (Å²) in [5.74, 6) is -0.486. The second-order valence-electron chi connectivity index (χ2n) is 8.63. The van der Waals surface area contributed by atoms with Gasteiger partial charge < -0.3 is 19.7 Å². The van der Waals surface area contributed by atoms with E-state index in [0.717, 1.165) is 0 Å². The van der Waals surface area contributed by atoms with Gasteiger partial charge in [-0.25, -0.2) is 4.39 Å². The number of carbonyl (C=O) groups excluding carboxylic acids is 2. The molecule has 0 saturated heterocycles. The molecule has 6 nitrogen and oxygen atoms in total. The molecule has 3 aromatic rings. The molecule has 7 heteroatoms. The van der Waals surface area contributed by atoms with Crippen molar-refractivity contribution in [2.24, 2.45) is 0 Å². The van der Waals surface area contributed by atoms with Crippen LogP contribution in [0.25, 0.3) is 0 Å². The summed E-state index contributed by atoms with van der Waals surface area (Å²) in [6.45, 7) is 4.72. The first-order valence-electron chi connectivity index (χ1n) is 12.1. The maximum Gasteiger partial charge on any atom is 0.261 e. The smallest absolute Gasteiger partial charge is 0.261 e. The van der Waals surface area contributed by atoms with Crippen LogP contribution in [0.15, 0.2) is 84.9 Å². The Morgan fingerprint density at radius 3 is 2.19 bits per heavy atom. The molecule has 0 aliphatic carbocycles. The van der Waals surface area contributed by atoms with Crippen LogP contribution in [0.1, 0.15) is 37.4 Å². The highest BCUT2D eigenvalue weighted by molar-refractivity contribution is 5.89. The van der Waals surface area contributed by atoms with Gasteiger partial charge in [-0.15, -0.1) is 0 Å². The summed E-state index contributed by atoms with van der Waals surface area (Å²) in [4.78, 5) is 28.4. The molecule has 0 aliphatic rings. The number of carbonyl (C=O) groups is 2. The Labute approximate surface area is 212 Å². The summed E-state index contributed by atoms with van der Waals surface area (Å²) in [5, 5.41) is 2.95. The topological polar surface area (TPSA) is 67.9 Å². The van der Waals surface area contributed by atoms with Crippen molar-refractivity contribution in [3.05, 3.63) is 102 Å². The fraction of sp³-hybridized carbons (Fsp3) is 0.310. The van der Waals surface area contributed by atoms with Gasteiger partial charge in [0.1, 0.15) is 17.6 Å². The first-order valence-corrected chi connectivity index (χ1v) is 12.1. The van der Waals surface area contributed by atoms with E-state index < -0.39 is 6.04 Å². The second-order valence-corrected chi connectivity index (χ2v) is 8.63. The summed E-state index contributed by atoms with van der Waals surface area (Å²) in [6.07, 6.45) is 0.764. The predicted molar refractivity (Wildman–Crippen MR) is 137 cm³/mol. The Kier molecular flexibility index (Phi) is 10.5. The maximum atomic E-state index is 13.5. The van der Waals surface area contributed by atoms with Crippen LogP contribution in [-0.4, -0.2) is 42.6 Å². The van der Waals surface area contributed by atoms with Crippen molar-refractivity contribution < 1.29 is 23.5 Å². The van der Waals surface area contributed by atoms with Gasteiger partial charge in [0.2, 0.25) is 5.91 Å². The molecule has 36 heavy (non-hydrogen) atoms. The van der Waals surface area contributed by atoms with E-state index in [0.29, 0.717) is 36.4 Å². The van der Waals surface area contributed by atoms with Crippen LogP contribution in [0, 0.1) is 5.82 Å². The molecule has 0 aliphatic heterocycles. The molecule has 1 atom stereocenters. The minimum Gasteiger partial charge on any atom is -0.484 e. The van der Waals surface area contributed by atoms with Crippen LogP contribution in [0.2, 0.25) is 0 Å². The molecule has 0 bridgehead atoms. The third-order valence-electron chi connectivity index (χ3n) is 5.44. The molecule has 190 valence electrons. The normalized spacial score (nSPS) is 11.7. The average Bonchev–Trinajstić information content (AvgIpc) is 2.89. The molecular formula is C29H33FN2O4.